The van der Waals surface area contributed by atoms with Crippen LogP contribution in [0.25, 0.3) is 0 Å². The Labute approximate surface area is 169 Å². The second kappa shape index (κ2) is 8.09. The largest absolute Gasteiger partial charge is 0.489 e. The van der Waals surface area contributed by atoms with Crippen molar-refractivity contribution < 1.29 is 9.53 Å². The maximum absolute atomic E-state index is 12.0. The van der Waals surface area contributed by atoms with Crippen molar-refractivity contribution in [1.29, 1.82) is 0 Å². The van der Waals surface area contributed by atoms with Gasteiger partial charge in [0.05, 0.1) is 5.92 Å². The first-order chi connectivity index (χ1) is 13.0. The van der Waals surface area contributed by atoms with Crippen molar-refractivity contribution in [2.24, 2.45) is 5.92 Å². The zero-order valence-electron chi connectivity index (χ0n) is 15.0. The quantitative estimate of drug-likeness (QED) is 0.748. The second-order valence-corrected chi connectivity index (χ2v) is 8.26. The Kier molecular flexibility index (Phi) is 5.58. The number of ether oxygens (including phenoxy) is 1. The Morgan fingerprint density at radius 2 is 1.70 bits per heavy atom. The van der Waals surface area contributed by atoms with E-state index in [0.717, 1.165) is 43.8 Å². The van der Waals surface area contributed by atoms with Crippen molar-refractivity contribution in [3.05, 3.63) is 63.6 Å². The van der Waals surface area contributed by atoms with Gasteiger partial charge < -0.3 is 10.1 Å². The Hall–Kier alpha value is -1.75. The molecule has 0 radical (unpaired) electrons. The maximum atomic E-state index is 12.0. The summed E-state index contributed by atoms with van der Waals surface area (Å²) in [6.45, 7) is 2.96. The molecule has 2 aromatic carbocycles. The number of rotatable bonds is 7. The molecule has 0 atom stereocenters. The van der Waals surface area contributed by atoms with Gasteiger partial charge in [0.1, 0.15) is 12.4 Å². The number of carbonyl (C=O) groups is 1. The lowest BCUT2D eigenvalue weighted by atomic mass is 9.98. The minimum Gasteiger partial charge on any atom is -0.489 e. The van der Waals surface area contributed by atoms with Crippen LogP contribution in [-0.2, 0) is 17.9 Å². The lowest BCUT2D eigenvalue weighted by molar-refractivity contribution is -0.130. The minimum absolute atomic E-state index is 0.151. The van der Waals surface area contributed by atoms with Gasteiger partial charge in [-0.15, -0.1) is 0 Å². The summed E-state index contributed by atoms with van der Waals surface area (Å²) in [6, 6.07) is 13.9. The van der Waals surface area contributed by atoms with Crippen molar-refractivity contribution >= 4 is 29.1 Å². The van der Waals surface area contributed by atoms with E-state index in [1.807, 2.05) is 24.3 Å². The fourth-order valence-corrected chi connectivity index (χ4v) is 3.79. The Morgan fingerprint density at radius 1 is 1.04 bits per heavy atom. The van der Waals surface area contributed by atoms with Gasteiger partial charge in [-0.1, -0.05) is 35.3 Å². The lowest BCUT2D eigenvalue weighted by Crippen LogP contribution is -2.53. The molecule has 2 aromatic rings. The predicted octanol–water partition coefficient (Wildman–Crippen LogP) is 4.28. The number of benzene rings is 2. The van der Waals surface area contributed by atoms with Gasteiger partial charge in [0.15, 0.2) is 0 Å². The number of carbonyl (C=O) groups excluding carboxylic acids is 1. The summed E-state index contributed by atoms with van der Waals surface area (Å²) in [7, 11) is 0. The molecule has 1 aliphatic carbocycles. The third-order valence-corrected chi connectivity index (χ3v) is 5.35. The van der Waals surface area contributed by atoms with Crippen molar-refractivity contribution in [2.45, 2.75) is 32.0 Å². The van der Waals surface area contributed by atoms with Crippen molar-refractivity contribution in [1.82, 2.24) is 10.2 Å². The summed E-state index contributed by atoms with van der Waals surface area (Å²) in [5, 5.41) is 4.30. The SMILES string of the molecule is O=C(NC1CC1)C1CN(Cc2ccc(OCc3cc(Cl)cc(Cl)c3)cc2)C1. The topological polar surface area (TPSA) is 41.6 Å². The third kappa shape index (κ3) is 5.16. The summed E-state index contributed by atoms with van der Waals surface area (Å²) in [5.74, 6) is 1.18. The second-order valence-electron chi connectivity index (χ2n) is 7.38. The van der Waals surface area contributed by atoms with Crippen LogP contribution < -0.4 is 10.1 Å². The molecule has 1 saturated heterocycles. The van der Waals surface area contributed by atoms with Gasteiger partial charge in [-0.25, -0.2) is 0 Å². The zero-order chi connectivity index (χ0) is 18.8. The van der Waals surface area contributed by atoms with Crippen LogP contribution in [0.2, 0.25) is 10.0 Å². The summed E-state index contributed by atoms with van der Waals surface area (Å²) >= 11 is 12.0. The molecule has 2 fully saturated rings. The number of likely N-dealkylation sites (tertiary alicyclic amines) is 1. The number of nitrogens with one attached hydrogen (secondary N) is 1. The van der Waals surface area contributed by atoms with Crippen LogP contribution in [0.3, 0.4) is 0 Å². The third-order valence-electron chi connectivity index (χ3n) is 4.91. The standard InChI is InChI=1S/C21H22Cl2N2O2/c22-17-7-15(8-18(23)9-17)13-27-20-5-1-14(2-6-20)10-25-11-16(12-25)21(26)24-19-3-4-19/h1-2,5-9,16,19H,3-4,10-13H2,(H,24,26). The molecule has 1 aliphatic heterocycles. The number of hydrogen-bond donors (Lipinski definition) is 1. The summed E-state index contributed by atoms with van der Waals surface area (Å²) in [4.78, 5) is 14.3. The Balaban J connectivity index is 1.22. The predicted molar refractivity (Wildman–Crippen MR) is 107 cm³/mol. The molecule has 1 amide bonds. The van der Waals surface area contributed by atoms with E-state index in [2.05, 4.69) is 22.3 Å². The van der Waals surface area contributed by atoms with E-state index in [-0.39, 0.29) is 11.8 Å². The van der Waals surface area contributed by atoms with Crippen LogP contribution in [-0.4, -0.2) is 29.9 Å². The number of halogens is 2. The van der Waals surface area contributed by atoms with Crippen LogP contribution >= 0.6 is 23.2 Å². The van der Waals surface area contributed by atoms with Crippen molar-refractivity contribution in [2.75, 3.05) is 13.1 Å². The van der Waals surface area contributed by atoms with E-state index in [9.17, 15) is 4.79 Å². The number of nitrogens with zero attached hydrogens (tertiary/aromatic N) is 1. The minimum atomic E-state index is 0.151. The van der Waals surface area contributed by atoms with Crippen molar-refractivity contribution in [3.63, 3.8) is 0 Å². The van der Waals surface area contributed by atoms with E-state index in [4.69, 9.17) is 27.9 Å². The molecular formula is C21H22Cl2N2O2. The monoisotopic (exact) mass is 404 g/mol. The lowest BCUT2D eigenvalue weighted by Gasteiger charge is -2.38. The smallest absolute Gasteiger partial charge is 0.225 e. The summed E-state index contributed by atoms with van der Waals surface area (Å²) < 4.78 is 5.81. The molecule has 1 saturated carbocycles. The molecule has 1 N–H and O–H groups in total. The molecule has 4 nitrogen and oxygen atoms in total. The summed E-state index contributed by atoms with van der Waals surface area (Å²) in [5.41, 5.74) is 2.15. The number of amides is 1. The van der Waals surface area contributed by atoms with Gasteiger partial charge in [0.25, 0.3) is 0 Å². The average molecular weight is 405 g/mol. The number of hydrogen-bond acceptors (Lipinski definition) is 3. The van der Waals surface area contributed by atoms with Crippen LogP contribution in [0.1, 0.15) is 24.0 Å². The van der Waals surface area contributed by atoms with Crippen molar-refractivity contribution in [3.8, 4) is 5.75 Å². The molecule has 142 valence electrons. The Bertz CT molecular complexity index is 795. The molecule has 2 aliphatic rings. The first kappa shape index (κ1) is 18.6. The summed E-state index contributed by atoms with van der Waals surface area (Å²) in [6.07, 6.45) is 2.28. The first-order valence-electron chi connectivity index (χ1n) is 9.24. The van der Waals surface area contributed by atoms with Crippen LogP contribution in [0.15, 0.2) is 42.5 Å². The highest BCUT2D eigenvalue weighted by Crippen LogP contribution is 2.24. The molecule has 0 bridgehead atoms. The molecule has 0 spiro atoms. The molecule has 4 rings (SSSR count). The normalized spacial score (nSPS) is 17.4. The van der Waals surface area contributed by atoms with Gasteiger partial charge >= 0.3 is 0 Å². The molecule has 0 aromatic heterocycles. The van der Waals surface area contributed by atoms with Gasteiger partial charge in [0.2, 0.25) is 5.91 Å². The fourth-order valence-electron chi connectivity index (χ4n) is 3.22. The van der Waals surface area contributed by atoms with Gasteiger partial charge in [0, 0.05) is 35.7 Å². The van der Waals surface area contributed by atoms with Gasteiger partial charge in [-0.3, -0.25) is 9.69 Å². The molecule has 0 unspecified atom stereocenters. The molecule has 1 heterocycles. The van der Waals surface area contributed by atoms with Crippen LogP contribution in [0.5, 0.6) is 5.75 Å². The highest BCUT2D eigenvalue weighted by Gasteiger charge is 2.35. The van der Waals surface area contributed by atoms with E-state index < -0.39 is 0 Å². The maximum Gasteiger partial charge on any atom is 0.225 e. The van der Waals surface area contributed by atoms with E-state index in [1.54, 1.807) is 6.07 Å². The van der Waals surface area contributed by atoms with Gasteiger partial charge in [-0.05, 0) is 54.3 Å². The molecular weight excluding hydrogens is 383 g/mol. The van der Waals surface area contributed by atoms with Crippen LogP contribution in [0.4, 0.5) is 0 Å². The highest BCUT2D eigenvalue weighted by molar-refractivity contribution is 6.34. The highest BCUT2D eigenvalue weighted by atomic mass is 35.5. The molecule has 27 heavy (non-hydrogen) atoms. The fraction of sp³-hybridized carbons (Fsp3) is 0.381. The van der Waals surface area contributed by atoms with E-state index in [0.29, 0.717) is 22.7 Å². The Morgan fingerprint density at radius 3 is 2.33 bits per heavy atom. The average Bonchev–Trinajstić information content (AvgIpc) is 3.40. The van der Waals surface area contributed by atoms with Gasteiger partial charge in [-0.2, -0.15) is 0 Å². The van der Waals surface area contributed by atoms with Crippen LogP contribution in [0, 0.1) is 5.92 Å². The first-order valence-corrected chi connectivity index (χ1v) is 10.0. The van der Waals surface area contributed by atoms with E-state index in [1.165, 1.54) is 5.56 Å². The molecule has 6 heteroatoms. The zero-order valence-corrected chi connectivity index (χ0v) is 16.5. The van der Waals surface area contributed by atoms with E-state index >= 15 is 0 Å².